The minimum atomic E-state index is -4.20. The topological polar surface area (TPSA) is 18.5 Å². The molecule has 23 heavy (non-hydrogen) atoms. The second-order valence-corrected chi connectivity index (χ2v) is 6.63. The zero-order valence-corrected chi connectivity index (χ0v) is 13.4. The van der Waals surface area contributed by atoms with E-state index in [0.29, 0.717) is 0 Å². The molecule has 2 nitrogen and oxygen atoms in total. The molecule has 1 aromatic carbocycles. The number of hydrogen-bond donors (Lipinski definition) is 0. The van der Waals surface area contributed by atoms with E-state index in [1.807, 2.05) is 0 Å². The zero-order valence-electron chi connectivity index (χ0n) is 34.4. The van der Waals surface area contributed by atoms with Gasteiger partial charge in [-0.3, -0.25) is 0 Å². The molecule has 0 radical (unpaired) electrons. The highest BCUT2D eigenvalue weighted by molar-refractivity contribution is 6.62. The summed E-state index contributed by atoms with van der Waals surface area (Å²) >= 11 is 0. The number of hydrogen-bond acceptors (Lipinski definition) is 2. The van der Waals surface area contributed by atoms with Crippen molar-refractivity contribution in [3.8, 4) is 0 Å². The molecular weight excluding hydrogens is 283 g/mol. The van der Waals surface area contributed by atoms with E-state index in [2.05, 4.69) is 0 Å². The van der Waals surface area contributed by atoms with Crippen molar-refractivity contribution in [1.82, 2.24) is 0 Å². The summed E-state index contributed by atoms with van der Waals surface area (Å²) in [5.74, 6) is 0. The molecule has 0 aromatic heterocycles. The molecule has 0 atom stereocenters. The van der Waals surface area contributed by atoms with Crippen LogP contribution in [-0.2, 0) is 20.1 Å². The Labute approximate surface area is 172 Å². The molecular formula is C20H33BO2. The molecule has 1 aromatic rings. The first-order valence-electron chi connectivity index (χ1n) is 17.4. The first-order valence-corrected chi connectivity index (χ1v) is 6.92. The van der Waals surface area contributed by atoms with Crippen molar-refractivity contribution in [2.45, 2.75) is 90.8 Å². The maximum absolute atomic E-state index is 8.94. The SMILES string of the molecule is [2H]c1c(B2OC(C)(C)C(C)(C)O2)c([2H])c(C(C([2H])([2H])[2H])(C([2H])([2H])[2H])C([2H])([2H])[2H])c([2H])c1C(C([2H])([2H])[2H])(C([2H])([2H])[2H])C([2H])([2H])[2H]. The van der Waals surface area contributed by atoms with E-state index in [-0.39, 0.29) is 0 Å². The van der Waals surface area contributed by atoms with Gasteiger partial charge in [0.2, 0.25) is 0 Å². The standard InChI is InChI=1S/C20H33BO2/c1-17(2,3)14-11-15(18(4,5)6)13-16(12-14)21-22-19(7,8)20(9,10)23-21/h11-13H,1-10H3/i1D3,2D3,3D3,4D3,5D3,6D3,11D,12D,13D. The first-order chi connectivity index (χ1) is 18.9. The Balaban J connectivity index is 3.62. The van der Waals surface area contributed by atoms with Gasteiger partial charge in [0.15, 0.2) is 0 Å². The van der Waals surface area contributed by atoms with Crippen molar-refractivity contribution in [2.24, 2.45) is 0 Å². The molecule has 1 aliphatic rings. The molecule has 0 N–H and O–H groups in total. The third-order valence-corrected chi connectivity index (χ3v) is 4.01. The van der Waals surface area contributed by atoms with E-state index < -0.39 is 105 Å². The highest BCUT2D eigenvalue weighted by atomic mass is 16.7. The maximum Gasteiger partial charge on any atom is 0.494 e. The molecule has 0 bridgehead atoms. The molecule has 0 aliphatic carbocycles. The lowest BCUT2D eigenvalue weighted by molar-refractivity contribution is 0.00578. The molecule has 1 saturated heterocycles. The second-order valence-electron chi connectivity index (χ2n) is 6.63. The summed E-state index contributed by atoms with van der Waals surface area (Å²) in [6, 6.07) is -4.66. The molecule has 2 rings (SSSR count). The second kappa shape index (κ2) is 5.36. The summed E-state index contributed by atoms with van der Waals surface area (Å²) in [6.07, 6.45) is 0. The van der Waals surface area contributed by atoms with Gasteiger partial charge < -0.3 is 9.31 Å². The van der Waals surface area contributed by atoms with E-state index >= 15 is 0 Å². The van der Waals surface area contributed by atoms with Crippen LogP contribution >= 0.6 is 0 Å². The van der Waals surface area contributed by atoms with Crippen LogP contribution in [0.4, 0.5) is 0 Å². The minimum absolute atomic E-state index is 1.05. The van der Waals surface area contributed by atoms with Gasteiger partial charge in [-0.2, -0.15) is 0 Å². The Morgan fingerprint density at radius 2 is 1.22 bits per heavy atom. The Bertz CT molecular complexity index is 1110. The van der Waals surface area contributed by atoms with E-state index in [9.17, 15) is 0 Å². The predicted molar refractivity (Wildman–Crippen MR) is 99.6 cm³/mol. The van der Waals surface area contributed by atoms with Crippen molar-refractivity contribution in [1.29, 1.82) is 0 Å². The van der Waals surface area contributed by atoms with E-state index in [0.717, 1.165) is 0 Å². The molecule has 1 fully saturated rings. The van der Waals surface area contributed by atoms with E-state index in [1.165, 1.54) is 27.7 Å². The lowest BCUT2D eigenvalue weighted by atomic mass is 9.71. The fourth-order valence-electron chi connectivity index (χ4n) is 1.94. The van der Waals surface area contributed by atoms with Gasteiger partial charge in [-0.1, -0.05) is 59.2 Å². The van der Waals surface area contributed by atoms with E-state index in [1.54, 1.807) is 0 Å². The van der Waals surface area contributed by atoms with Gasteiger partial charge in [-0.15, -0.1) is 0 Å². The third-order valence-electron chi connectivity index (χ3n) is 4.01. The van der Waals surface area contributed by atoms with Gasteiger partial charge in [-0.05, 0) is 55.1 Å². The van der Waals surface area contributed by atoms with Crippen LogP contribution < -0.4 is 5.46 Å². The highest BCUT2D eigenvalue weighted by Crippen LogP contribution is 2.37. The van der Waals surface area contributed by atoms with Crippen molar-refractivity contribution in [3.05, 3.63) is 29.3 Å². The largest absolute Gasteiger partial charge is 0.494 e. The van der Waals surface area contributed by atoms with Gasteiger partial charge in [-0.25, -0.2) is 0 Å². The van der Waals surface area contributed by atoms with Gasteiger partial charge >= 0.3 is 7.12 Å². The monoisotopic (exact) mass is 337 g/mol. The minimum Gasteiger partial charge on any atom is -0.399 e. The normalized spacial score (nSPS) is 37.6. The highest BCUT2D eigenvalue weighted by Gasteiger charge is 2.51. The molecule has 0 unspecified atom stereocenters. The molecule has 0 saturated carbocycles. The summed E-state index contributed by atoms with van der Waals surface area (Å²) in [6.45, 7) is -19.0. The fraction of sp³-hybridized carbons (Fsp3) is 0.700. The number of benzene rings is 1. The summed E-state index contributed by atoms with van der Waals surface area (Å²) in [5.41, 5.74) is -15.5. The van der Waals surface area contributed by atoms with Gasteiger partial charge in [0.05, 0.1) is 15.3 Å². The van der Waals surface area contributed by atoms with Crippen LogP contribution in [0.25, 0.3) is 0 Å². The molecule has 1 aliphatic heterocycles. The van der Waals surface area contributed by atoms with Crippen LogP contribution in [0.15, 0.2) is 18.1 Å². The van der Waals surface area contributed by atoms with Crippen LogP contribution in [0.1, 0.15) is 109 Å². The van der Waals surface area contributed by atoms with Crippen molar-refractivity contribution in [2.75, 3.05) is 0 Å². The quantitative estimate of drug-likeness (QED) is 0.698. The van der Waals surface area contributed by atoms with Crippen LogP contribution in [0.3, 0.4) is 0 Å². The van der Waals surface area contributed by atoms with Crippen LogP contribution in [0, 0.1) is 0 Å². The lowest BCUT2D eigenvalue weighted by Crippen LogP contribution is -2.41. The van der Waals surface area contributed by atoms with Crippen molar-refractivity contribution >= 4 is 12.6 Å². The van der Waals surface area contributed by atoms with Crippen LogP contribution in [0.5, 0.6) is 0 Å². The Morgan fingerprint density at radius 3 is 1.57 bits per heavy atom. The summed E-state index contributed by atoms with van der Waals surface area (Å²) in [7, 11) is -2.00. The van der Waals surface area contributed by atoms with Crippen molar-refractivity contribution in [3.63, 3.8) is 0 Å². The van der Waals surface area contributed by atoms with Crippen molar-refractivity contribution < 1.29 is 38.1 Å². The smallest absolute Gasteiger partial charge is 0.399 e. The first kappa shape index (κ1) is 5.11. The van der Waals surface area contributed by atoms with Gasteiger partial charge in [0.25, 0.3) is 0 Å². The van der Waals surface area contributed by atoms with Crippen LogP contribution in [-0.4, -0.2) is 18.3 Å². The maximum atomic E-state index is 8.94. The summed E-state index contributed by atoms with van der Waals surface area (Å²) in [4.78, 5) is 0. The van der Waals surface area contributed by atoms with Gasteiger partial charge in [0, 0.05) is 24.7 Å². The van der Waals surface area contributed by atoms with E-state index in [4.69, 9.17) is 38.1 Å². The summed E-state index contributed by atoms with van der Waals surface area (Å²) in [5, 5.41) is 0. The Kier molecular flexibility index (Phi) is 1.19. The summed E-state index contributed by atoms with van der Waals surface area (Å²) < 4.78 is 185. The predicted octanol–water partition coefficient (Wildman–Crippen LogP) is 4.58. The average molecular weight is 337 g/mol. The Morgan fingerprint density at radius 1 is 0.826 bits per heavy atom. The average Bonchev–Trinajstić information content (AvgIpc) is 2.88. The van der Waals surface area contributed by atoms with Gasteiger partial charge in [0.1, 0.15) is 0 Å². The third kappa shape index (κ3) is 3.66. The Hall–Kier alpha value is -0.795. The molecule has 1 heterocycles. The molecule has 0 spiro atoms. The fourth-order valence-corrected chi connectivity index (χ4v) is 1.94. The van der Waals surface area contributed by atoms with Crippen LogP contribution in [0.2, 0.25) is 0 Å². The lowest BCUT2D eigenvalue weighted by Gasteiger charge is -2.32. The zero-order chi connectivity index (χ0) is 35.5. The molecule has 3 heteroatoms. The molecule has 0 amide bonds. The molecule has 128 valence electrons. The number of rotatable bonds is 1.